The molecule has 3 heterocycles. The summed E-state index contributed by atoms with van der Waals surface area (Å²) < 4.78 is 20.4. The van der Waals surface area contributed by atoms with Crippen LogP contribution in [0.25, 0.3) is 0 Å². The van der Waals surface area contributed by atoms with E-state index in [-0.39, 0.29) is 29.3 Å². The molecule has 0 bridgehead atoms. The van der Waals surface area contributed by atoms with E-state index in [1.165, 1.54) is 65.2 Å². The van der Waals surface area contributed by atoms with Crippen molar-refractivity contribution < 1.29 is 42.9 Å². The van der Waals surface area contributed by atoms with Crippen LogP contribution in [0.15, 0.2) is 36.4 Å². The number of aryl methyl sites for hydroxylation is 2. The predicted octanol–water partition coefficient (Wildman–Crippen LogP) is 9.32. The van der Waals surface area contributed by atoms with Crippen LogP contribution in [0, 0.1) is 19.3 Å². The molecule has 12 nitrogen and oxygen atoms in total. The Kier molecular flexibility index (Phi) is 16.2. The van der Waals surface area contributed by atoms with E-state index in [1.807, 2.05) is 70.4 Å². The van der Waals surface area contributed by atoms with Crippen LogP contribution in [0.1, 0.15) is 154 Å². The lowest BCUT2D eigenvalue weighted by molar-refractivity contribution is 0.00152. The molecule has 0 atom stereocenters. The first-order valence-corrected chi connectivity index (χ1v) is 21.3. The summed E-state index contributed by atoms with van der Waals surface area (Å²) >= 11 is 0. The van der Waals surface area contributed by atoms with Crippen LogP contribution in [-0.4, -0.2) is 109 Å². The number of methoxy groups -OCH3 is 2. The highest BCUT2D eigenvalue weighted by molar-refractivity contribution is 5.93. The molecule has 0 aromatic heterocycles. The fourth-order valence-corrected chi connectivity index (χ4v) is 8.71. The number of carbonyl (C=O) groups is 5. The van der Waals surface area contributed by atoms with Crippen molar-refractivity contribution in [3.05, 3.63) is 69.8 Å². The first-order valence-electron chi connectivity index (χ1n) is 21.3. The van der Waals surface area contributed by atoms with Crippen molar-refractivity contribution in [1.29, 1.82) is 0 Å². The first kappa shape index (κ1) is 47.2. The van der Waals surface area contributed by atoms with Gasteiger partial charge in [0.2, 0.25) is 0 Å². The average Bonchev–Trinajstić information content (AvgIpc) is 3.81. The van der Waals surface area contributed by atoms with E-state index in [4.69, 9.17) is 14.2 Å². The Balaban J connectivity index is 0.000000216. The summed E-state index contributed by atoms with van der Waals surface area (Å²) in [6.45, 7) is 20.3. The molecule has 2 aromatic rings. The molecule has 0 unspecified atom stereocenters. The van der Waals surface area contributed by atoms with Gasteiger partial charge in [-0.3, -0.25) is 9.69 Å². The highest BCUT2D eigenvalue weighted by Crippen LogP contribution is 2.46. The number of piperidine rings is 2. The number of aldehydes is 1. The molecule has 59 heavy (non-hydrogen) atoms. The third-order valence-corrected chi connectivity index (χ3v) is 12.1. The SMILES string of the molecule is CC(C)(C)OC(=O)N1CCC2(CCCC2)CC1.COC(=O)c1cc(C=O)ccc1C.COC(=O)c1cc(CN2CCCC23CCN(C(=O)OC(C)(C)C)CC3)ccc1C. The zero-order valence-corrected chi connectivity index (χ0v) is 37.4. The van der Waals surface area contributed by atoms with Gasteiger partial charge in [0.25, 0.3) is 0 Å². The van der Waals surface area contributed by atoms with Crippen molar-refractivity contribution >= 4 is 30.4 Å². The van der Waals surface area contributed by atoms with E-state index in [9.17, 15) is 24.0 Å². The van der Waals surface area contributed by atoms with E-state index >= 15 is 0 Å². The summed E-state index contributed by atoms with van der Waals surface area (Å²) in [6.07, 6.45) is 12.5. The maximum Gasteiger partial charge on any atom is 0.410 e. The number of benzene rings is 2. The van der Waals surface area contributed by atoms with Crippen molar-refractivity contribution in [2.24, 2.45) is 5.41 Å². The quantitative estimate of drug-likeness (QED) is 0.163. The number of ether oxygens (including phenoxy) is 4. The summed E-state index contributed by atoms with van der Waals surface area (Å²) in [7, 11) is 2.73. The molecule has 3 saturated heterocycles. The molecule has 6 rings (SSSR count). The minimum Gasteiger partial charge on any atom is -0.465 e. The smallest absolute Gasteiger partial charge is 0.410 e. The summed E-state index contributed by atoms with van der Waals surface area (Å²) in [5.41, 5.74) is 4.28. The van der Waals surface area contributed by atoms with Crippen molar-refractivity contribution in [1.82, 2.24) is 14.7 Å². The minimum atomic E-state index is -0.464. The second kappa shape index (κ2) is 20.2. The second-order valence-electron chi connectivity index (χ2n) is 18.7. The normalized spacial score (nSPS) is 18.5. The van der Waals surface area contributed by atoms with Gasteiger partial charge in [-0.05, 0) is 148 Å². The number of carbonyl (C=O) groups excluding carboxylic acids is 5. The highest BCUT2D eigenvalue weighted by atomic mass is 16.6. The Morgan fingerprint density at radius 3 is 1.58 bits per heavy atom. The molecule has 4 aliphatic rings. The van der Waals surface area contributed by atoms with Crippen LogP contribution in [0.3, 0.4) is 0 Å². The lowest BCUT2D eigenvalue weighted by Gasteiger charge is -2.45. The van der Waals surface area contributed by atoms with Crippen molar-refractivity contribution in [2.45, 2.75) is 143 Å². The summed E-state index contributed by atoms with van der Waals surface area (Å²) in [4.78, 5) is 64.2. The van der Waals surface area contributed by atoms with Gasteiger partial charge in [0.15, 0.2) is 0 Å². The summed E-state index contributed by atoms with van der Waals surface area (Å²) in [6, 6.07) is 11.0. The number of likely N-dealkylation sites (tertiary alicyclic amines) is 3. The van der Waals surface area contributed by atoms with Gasteiger partial charge in [0.1, 0.15) is 17.5 Å². The number of rotatable bonds is 5. The zero-order chi connectivity index (χ0) is 43.6. The van der Waals surface area contributed by atoms with E-state index in [0.717, 1.165) is 75.2 Å². The van der Waals surface area contributed by atoms with Gasteiger partial charge < -0.3 is 28.7 Å². The maximum absolute atomic E-state index is 12.4. The molecule has 0 radical (unpaired) electrons. The van der Waals surface area contributed by atoms with Crippen LogP contribution in [0.5, 0.6) is 0 Å². The maximum atomic E-state index is 12.4. The van der Waals surface area contributed by atoms with Crippen LogP contribution in [0.2, 0.25) is 0 Å². The van der Waals surface area contributed by atoms with Crippen molar-refractivity contribution in [3.8, 4) is 0 Å². The number of nitrogens with zero attached hydrogens (tertiary/aromatic N) is 3. The molecular weight excluding hydrogens is 751 g/mol. The third-order valence-electron chi connectivity index (χ3n) is 12.1. The van der Waals surface area contributed by atoms with Gasteiger partial charge in [-0.15, -0.1) is 0 Å². The minimum absolute atomic E-state index is 0.134. The monoisotopic (exact) mass is 820 g/mol. The van der Waals surface area contributed by atoms with Gasteiger partial charge in [0, 0.05) is 43.8 Å². The zero-order valence-electron chi connectivity index (χ0n) is 37.4. The van der Waals surface area contributed by atoms with Gasteiger partial charge in [-0.25, -0.2) is 19.2 Å². The highest BCUT2D eigenvalue weighted by Gasteiger charge is 2.44. The van der Waals surface area contributed by atoms with Crippen LogP contribution >= 0.6 is 0 Å². The molecule has 1 aliphatic carbocycles. The van der Waals surface area contributed by atoms with E-state index < -0.39 is 11.6 Å². The molecule has 326 valence electrons. The third kappa shape index (κ3) is 13.3. The average molecular weight is 820 g/mol. The van der Waals surface area contributed by atoms with Crippen LogP contribution < -0.4 is 0 Å². The number of hydrogen-bond acceptors (Lipinski definition) is 10. The van der Waals surface area contributed by atoms with E-state index in [2.05, 4.69) is 15.7 Å². The van der Waals surface area contributed by atoms with Gasteiger partial charge in [-0.1, -0.05) is 37.1 Å². The topological polar surface area (TPSA) is 132 Å². The molecule has 3 aliphatic heterocycles. The van der Waals surface area contributed by atoms with Gasteiger partial charge >= 0.3 is 24.1 Å². The molecule has 2 aromatic carbocycles. The predicted molar refractivity (Wildman–Crippen MR) is 228 cm³/mol. The molecule has 12 heteroatoms. The van der Waals surface area contributed by atoms with Crippen molar-refractivity contribution in [3.63, 3.8) is 0 Å². The number of amides is 2. The van der Waals surface area contributed by atoms with Gasteiger partial charge in [-0.2, -0.15) is 0 Å². The van der Waals surface area contributed by atoms with Crippen molar-refractivity contribution in [2.75, 3.05) is 46.9 Å². The van der Waals surface area contributed by atoms with E-state index in [0.29, 0.717) is 28.4 Å². The molecule has 4 fully saturated rings. The molecule has 2 spiro atoms. The fourth-order valence-electron chi connectivity index (χ4n) is 8.71. The molecule has 1 saturated carbocycles. The molecule has 0 N–H and O–H groups in total. The summed E-state index contributed by atoms with van der Waals surface area (Å²) in [5, 5.41) is 0. The fraction of sp³-hybridized carbons (Fsp3) is 0.638. The van der Waals surface area contributed by atoms with Crippen LogP contribution in [-0.2, 0) is 25.5 Å². The Hall–Kier alpha value is -4.45. The first-order chi connectivity index (χ1) is 27.7. The van der Waals surface area contributed by atoms with E-state index in [1.54, 1.807) is 19.1 Å². The Morgan fingerprint density at radius 1 is 0.627 bits per heavy atom. The lowest BCUT2D eigenvalue weighted by Crippen LogP contribution is -2.53. The molecule has 2 amide bonds. The largest absolute Gasteiger partial charge is 0.465 e. The Bertz CT molecular complexity index is 1770. The van der Waals surface area contributed by atoms with Crippen LogP contribution in [0.4, 0.5) is 9.59 Å². The number of hydrogen-bond donors (Lipinski definition) is 0. The Morgan fingerprint density at radius 2 is 1.10 bits per heavy atom. The molecular formula is C47H69N3O9. The lowest BCUT2D eigenvalue weighted by atomic mass is 9.77. The second-order valence-corrected chi connectivity index (χ2v) is 18.7. The number of esters is 2. The van der Waals surface area contributed by atoms with Gasteiger partial charge in [0.05, 0.1) is 25.3 Å². The standard InChI is InChI=1S/C23H34N2O4.C14H25NO2.C10H10O3/c1-17-7-8-18(15-19(17)20(26)28-5)16-25-12-6-9-23(25)10-13-24(14-11-23)21(27)29-22(2,3)4;1-13(2,3)17-12(16)15-10-8-14(9-11-15)6-4-5-7-14;1-7-3-4-8(6-11)5-9(7)10(12)13-2/h7-8,15H,6,9-14,16H2,1-5H3;4-11H2,1-3H3;3-6H,1-2H3. The summed E-state index contributed by atoms with van der Waals surface area (Å²) in [5.74, 6) is -0.702. The Labute approximate surface area is 352 Å².